The summed E-state index contributed by atoms with van der Waals surface area (Å²) in [5.74, 6) is 1.30. The number of hydrogen-bond donors (Lipinski definition) is 0. The van der Waals surface area contributed by atoms with Gasteiger partial charge in [0.2, 0.25) is 10.2 Å². The number of carbonyl (C=O) groups is 2. The second-order valence-electron chi connectivity index (χ2n) is 10.2. The first-order valence-corrected chi connectivity index (χ1v) is 20.1. The highest BCUT2D eigenvalue weighted by Gasteiger charge is 2.44. The van der Waals surface area contributed by atoms with Gasteiger partial charge in [-0.3, -0.25) is 19.4 Å². The Morgan fingerprint density at radius 1 is 0.625 bits per heavy atom. The number of fused-ring (bicyclic) bond motifs is 12. The molecule has 6 saturated heterocycles. The van der Waals surface area contributed by atoms with Gasteiger partial charge in [-0.2, -0.15) is 0 Å². The van der Waals surface area contributed by atoms with Crippen LogP contribution < -0.4 is 0 Å². The Labute approximate surface area is 247 Å². The molecule has 0 unspecified atom stereocenters. The monoisotopic (exact) mass is 628 g/mol. The van der Waals surface area contributed by atoms with Crippen molar-refractivity contribution in [1.29, 1.82) is 0 Å². The van der Waals surface area contributed by atoms with Crippen molar-refractivity contribution in [2.45, 2.75) is 24.9 Å². The van der Waals surface area contributed by atoms with Crippen molar-refractivity contribution in [3.05, 3.63) is 35.4 Å². The van der Waals surface area contributed by atoms with E-state index < -0.39 is 17.6 Å². The third kappa shape index (κ3) is 8.70. The van der Waals surface area contributed by atoms with Crippen LogP contribution in [0, 0.1) is 0 Å². The van der Waals surface area contributed by atoms with Gasteiger partial charge in [0.15, 0.2) is 0 Å². The SMILES string of the molecule is O=C(SCCC[Si]12OCCN(CCO1)CCO2)c1cccc(C(=O)SCCC[Si]23OCCN(CCO2)CCO3)c1. The fraction of sp³-hybridized carbons (Fsp3) is 0.692. The highest BCUT2D eigenvalue weighted by Crippen LogP contribution is 2.26. The number of benzene rings is 1. The fourth-order valence-corrected chi connectivity index (χ4v) is 12.2. The number of rotatable bonds is 10. The van der Waals surface area contributed by atoms with Gasteiger partial charge >= 0.3 is 17.6 Å². The lowest BCUT2D eigenvalue weighted by atomic mass is 10.1. The Hall–Kier alpha value is -0.626. The van der Waals surface area contributed by atoms with Crippen LogP contribution in [0.2, 0.25) is 12.1 Å². The summed E-state index contributed by atoms with van der Waals surface area (Å²) >= 11 is 2.55. The highest BCUT2D eigenvalue weighted by atomic mass is 32.2. The molecular weight excluding hydrogens is 589 g/mol. The van der Waals surface area contributed by atoms with Gasteiger partial charge in [-0.25, -0.2) is 0 Å². The summed E-state index contributed by atoms with van der Waals surface area (Å²) in [6.45, 7) is 9.30. The minimum absolute atomic E-state index is 0.0313. The molecule has 0 spiro atoms. The molecule has 0 saturated carbocycles. The number of nitrogens with zero attached hydrogens (tertiary/aromatic N) is 2. The first-order valence-electron chi connectivity index (χ1n) is 14.3. The highest BCUT2D eigenvalue weighted by molar-refractivity contribution is 8.14. The number of carbonyl (C=O) groups excluding carboxylic acids is 2. The predicted octanol–water partition coefficient (Wildman–Crippen LogP) is 2.85. The summed E-state index contributed by atoms with van der Waals surface area (Å²) < 4.78 is 36.5. The molecule has 0 amide bonds. The molecule has 0 N–H and O–H groups in total. The minimum Gasteiger partial charge on any atom is -0.372 e. The molecule has 10 nitrogen and oxygen atoms in total. The first-order chi connectivity index (χ1) is 19.5. The van der Waals surface area contributed by atoms with E-state index in [0.717, 1.165) is 52.1 Å². The Bertz CT molecular complexity index is 883. The van der Waals surface area contributed by atoms with E-state index in [1.165, 1.54) is 23.5 Å². The van der Waals surface area contributed by atoms with Crippen molar-refractivity contribution in [3.63, 3.8) is 0 Å². The molecule has 1 aromatic rings. The van der Waals surface area contributed by atoms with Crippen LogP contribution >= 0.6 is 23.5 Å². The summed E-state index contributed by atoms with van der Waals surface area (Å²) in [4.78, 5) is 30.4. The third-order valence-corrected chi connectivity index (χ3v) is 15.2. The van der Waals surface area contributed by atoms with Crippen molar-refractivity contribution in [1.82, 2.24) is 9.80 Å². The molecule has 0 radical (unpaired) electrons. The van der Waals surface area contributed by atoms with Gasteiger partial charge in [0.05, 0.1) is 39.6 Å². The van der Waals surface area contributed by atoms with E-state index in [-0.39, 0.29) is 10.2 Å². The molecule has 7 rings (SSSR count). The second-order valence-corrected chi connectivity index (χ2v) is 17.8. The van der Waals surface area contributed by atoms with Crippen molar-refractivity contribution < 1.29 is 36.1 Å². The normalized spacial score (nSPS) is 30.9. The van der Waals surface area contributed by atoms with E-state index in [4.69, 9.17) is 26.6 Å². The summed E-state index contributed by atoms with van der Waals surface area (Å²) in [7, 11) is -5.33. The molecule has 6 heterocycles. The Morgan fingerprint density at radius 2 is 0.975 bits per heavy atom. The number of hydrogen-bond acceptors (Lipinski definition) is 12. The summed E-state index contributed by atoms with van der Waals surface area (Å²) in [5.41, 5.74) is 1.10. The van der Waals surface area contributed by atoms with Gasteiger partial charge in [0.25, 0.3) is 0 Å². The average Bonchev–Trinajstić information content (AvgIpc) is 2.89. The minimum atomic E-state index is -2.66. The van der Waals surface area contributed by atoms with Gasteiger partial charge in [0, 0.05) is 74.0 Å². The summed E-state index contributed by atoms with van der Waals surface area (Å²) in [5, 5.41) is -0.0626. The predicted molar refractivity (Wildman–Crippen MR) is 159 cm³/mol. The van der Waals surface area contributed by atoms with Gasteiger partial charge in [-0.1, -0.05) is 41.7 Å². The van der Waals surface area contributed by atoms with Gasteiger partial charge < -0.3 is 26.6 Å². The molecule has 14 heteroatoms. The van der Waals surface area contributed by atoms with Gasteiger partial charge in [0.1, 0.15) is 0 Å². The summed E-state index contributed by atoms with van der Waals surface area (Å²) in [6, 6.07) is 8.47. The smallest absolute Gasteiger partial charge is 0.372 e. The van der Waals surface area contributed by atoms with Crippen molar-refractivity contribution in [3.8, 4) is 0 Å². The molecule has 222 valence electrons. The molecule has 1 aromatic carbocycles. The molecule has 6 aliphatic rings. The number of thioether (sulfide) groups is 2. The average molecular weight is 629 g/mol. The lowest BCUT2D eigenvalue weighted by molar-refractivity contribution is -0.00878. The lowest BCUT2D eigenvalue weighted by Gasteiger charge is -2.38. The molecule has 40 heavy (non-hydrogen) atoms. The standard InChI is InChI=1S/C26H40N2O8S2Si2/c29-25(37-18-2-20-39-31-12-6-27(7-13-32-39)8-14-33-39)23-4-1-5-24(22-23)26(30)38-19-3-21-40-34-15-9-28(10-16-35-40)11-17-36-40/h1,4-5,22H,2-3,6-21H2. The first kappa shape index (κ1) is 30.8. The second kappa shape index (κ2) is 15.2. The van der Waals surface area contributed by atoms with Crippen molar-refractivity contribution in [2.75, 3.05) is 90.4 Å². The van der Waals surface area contributed by atoms with Crippen LogP contribution in [-0.4, -0.2) is 128 Å². The van der Waals surface area contributed by atoms with Crippen LogP contribution in [0.3, 0.4) is 0 Å². The third-order valence-electron chi connectivity index (χ3n) is 7.43. The molecule has 4 bridgehead atoms. The van der Waals surface area contributed by atoms with E-state index in [0.29, 0.717) is 74.4 Å². The topological polar surface area (TPSA) is 96.0 Å². The maximum absolute atomic E-state index is 12.9. The van der Waals surface area contributed by atoms with E-state index in [1.54, 1.807) is 24.3 Å². The maximum atomic E-state index is 12.9. The van der Waals surface area contributed by atoms with Crippen LogP contribution in [0.15, 0.2) is 24.3 Å². The lowest BCUT2D eigenvalue weighted by Crippen LogP contribution is -2.55. The Balaban J connectivity index is 1.04. The maximum Gasteiger partial charge on any atom is 0.501 e. The van der Waals surface area contributed by atoms with Crippen LogP contribution in [0.1, 0.15) is 33.6 Å². The fourth-order valence-electron chi connectivity index (χ4n) is 5.18. The van der Waals surface area contributed by atoms with Crippen LogP contribution in [0.25, 0.3) is 0 Å². The zero-order valence-corrected chi connectivity index (χ0v) is 26.6. The molecule has 0 aliphatic carbocycles. The van der Waals surface area contributed by atoms with Crippen molar-refractivity contribution in [2.24, 2.45) is 0 Å². The van der Waals surface area contributed by atoms with E-state index in [9.17, 15) is 9.59 Å². The van der Waals surface area contributed by atoms with E-state index >= 15 is 0 Å². The summed E-state index contributed by atoms with van der Waals surface area (Å²) in [6.07, 6.45) is 1.56. The van der Waals surface area contributed by atoms with Crippen molar-refractivity contribution >= 4 is 51.4 Å². The van der Waals surface area contributed by atoms with Crippen LogP contribution in [-0.2, 0) is 26.6 Å². The Kier molecular flexibility index (Phi) is 11.7. The van der Waals surface area contributed by atoms with Crippen LogP contribution in [0.4, 0.5) is 0 Å². The Morgan fingerprint density at radius 3 is 1.32 bits per heavy atom. The molecule has 0 atom stereocenters. The molecular formula is C26H40N2O8S2Si2. The largest absolute Gasteiger partial charge is 0.501 e. The molecule has 6 fully saturated rings. The molecule has 6 aliphatic heterocycles. The van der Waals surface area contributed by atoms with E-state index in [2.05, 4.69) is 9.80 Å². The van der Waals surface area contributed by atoms with E-state index in [1.807, 2.05) is 0 Å². The van der Waals surface area contributed by atoms with Gasteiger partial charge in [-0.15, -0.1) is 0 Å². The zero-order chi connectivity index (χ0) is 27.7. The quantitative estimate of drug-likeness (QED) is 0.282. The molecule has 0 aromatic heterocycles. The van der Waals surface area contributed by atoms with Crippen LogP contribution in [0.5, 0.6) is 0 Å². The zero-order valence-electron chi connectivity index (χ0n) is 23.0. The van der Waals surface area contributed by atoms with Gasteiger partial charge in [-0.05, 0) is 18.9 Å².